The molecule has 32 heavy (non-hydrogen) atoms. The second-order valence-corrected chi connectivity index (χ2v) is 8.65. The van der Waals surface area contributed by atoms with E-state index in [0.717, 1.165) is 42.7 Å². The highest BCUT2D eigenvalue weighted by Crippen LogP contribution is 2.32. The first-order valence-corrected chi connectivity index (χ1v) is 11.1. The van der Waals surface area contributed by atoms with Gasteiger partial charge in [-0.2, -0.15) is 0 Å². The second kappa shape index (κ2) is 8.70. The van der Waals surface area contributed by atoms with Gasteiger partial charge in [0.15, 0.2) is 0 Å². The zero-order valence-electron chi connectivity index (χ0n) is 17.8. The summed E-state index contributed by atoms with van der Waals surface area (Å²) in [6, 6.07) is 9.17. The van der Waals surface area contributed by atoms with Crippen LogP contribution in [0.3, 0.4) is 0 Å². The lowest BCUT2D eigenvalue weighted by atomic mass is 10.0. The smallest absolute Gasteiger partial charge is 0.255 e. The minimum atomic E-state index is -0.604. The van der Waals surface area contributed by atoms with E-state index < -0.39 is 11.9 Å². The lowest BCUT2D eigenvalue weighted by molar-refractivity contribution is -0.136. The fourth-order valence-corrected chi connectivity index (χ4v) is 4.85. The van der Waals surface area contributed by atoms with E-state index in [9.17, 15) is 14.4 Å². The van der Waals surface area contributed by atoms with E-state index >= 15 is 0 Å². The number of aromatic nitrogens is 1. The summed E-state index contributed by atoms with van der Waals surface area (Å²) in [6.45, 7) is 1.10. The van der Waals surface area contributed by atoms with Crippen LogP contribution in [0.2, 0.25) is 0 Å². The first-order valence-electron chi connectivity index (χ1n) is 11.1. The summed E-state index contributed by atoms with van der Waals surface area (Å²) >= 11 is 0. The molecule has 1 saturated heterocycles. The number of hydrogen-bond donors (Lipinski definition) is 2. The molecule has 1 aromatic heterocycles. The van der Waals surface area contributed by atoms with Crippen molar-refractivity contribution >= 4 is 17.7 Å². The Balaban J connectivity index is 1.24. The number of carbonyl (C=O) groups excluding carboxylic acids is 3. The fourth-order valence-electron chi connectivity index (χ4n) is 4.85. The summed E-state index contributed by atoms with van der Waals surface area (Å²) in [6.07, 6.45) is 7.44. The molecule has 1 aliphatic carbocycles. The van der Waals surface area contributed by atoms with Gasteiger partial charge in [0.25, 0.3) is 5.91 Å². The van der Waals surface area contributed by atoms with Gasteiger partial charge in [-0.1, -0.05) is 6.07 Å². The number of amides is 3. The van der Waals surface area contributed by atoms with E-state index in [4.69, 9.17) is 4.74 Å². The number of hydrogen-bond acceptors (Lipinski definition) is 6. The maximum absolute atomic E-state index is 12.9. The molecule has 8 nitrogen and oxygen atoms in total. The van der Waals surface area contributed by atoms with Gasteiger partial charge < -0.3 is 15.0 Å². The molecular weight excluding hydrogens is 408 g/mol. The third-order valence-electron chi connectivity index (χ3n) is 6.53. The van der Waals surface area contributed by atoms with Gasteiger partial charge in [0, 0.05) is 43.5 Å². The van der Waals surface area contributed by atoms with Crippen molar-refractivity contribution in [3.05, 3.63) is 59.4 Å². The normalized spacial score (nSPS) is 25.1. The number of pyridine rings is 1. The van der Waals surface area contributed by atoms with Gasteiger partial charge in [0.1, 0.15) is 17.9 Å². The molecule has 8 heteroatoms. The van der Waals surface area contributed by atoms with Crippen LogP contribution < -0.4 is 15.4 Å². The molecule has 0 radical (unpaired) electrons. The SMILES string of the molecule is O=C1CCC(N2Cc3cc(O[C@H]4CCC[C@H]4NCc4cccnc4)ccc3C2=O)C(=O)N1. The highest BCUT2D eigenvalue weighted by Gasteiger charge is 2.39. The van der Waals surface area contributed by atoms with Crippen molar-refractivity contribution in [3.63, 3.8) is 0 Å². The van der Waals surface area contributed by atoms with E-state index in [1.54, 1.807) is 17.2 Å². The summed E-state index contributed by atoms with van der Waals surface area (Å²) in [5.41, 5.74) is 2.59. The number of piperidine rings is 1. The van der Waals surface area contributed by atoms with Crippen LogP contribution in [-0.2, 0) is 22.7 Å². The average molecular weight is 434 g/mol. The van der Waals surface area contributed by atoms with Crippen molar-refractivity contribution in [1.29, 1.82) is 0 Å². The Morgan fingerprint density at radius 1 is 1.16 bits per heavy atom. The van der Waals surface area contributed by atoms with Gasteiger partial charge in [0.05, 0.1) is 0 Å². The van der Waals surface area contributed by atoms with Crippen LogP contribution in [-0.4, -0.2) is 45.8 Å². The predicted molar refractivity (Wildman–Crippen MR) is 116 cm³/mol. The van der Waals surface area contributed by atoms with Gasteiger partial charge >= 0.3 is 0 Å². The highest BCUT2D eigenvalue weighted by molar-refractivity contribution is 6.05. The molecule has 2 fully saturated rings. The number of fused-ring (bicyclic) bond motifs is 1. The maximum atomic E-state index is 12.9. The van der Waals surface area contributed by atoms with Crippen LogP contribution in [0.4, 0.5) is 0 Å². The number of nitrogens with zero attached hydrogens (tertiary/aromatic N) is 2. The predicted octanol–water partition coefficient (Wildman–Crippen LogP) is 1.93. The van der Waals surface area contributed by atoms with Gasteiger partial charge in [-0.15, -0.1) is 0 Å². The molecule has 166 valence electrons. The molecule has 0 spiro atoms. The number of rotatable bonds is 6. The van der Waals surface area contributed by atoms with Gasteiger partial charge in [-0.25, -0.2) is 0 Å². The number of ether oxygens (including phenoxy) is 1. The van der Waals surface area contributed by atoms with Crippen molar-refractivity contribution in [1.82, 2.24) is 20.5 Å². The maximum Gasteiger partial charge on any atom is 0.255 e. The standard InChI is InChI=1S/C24H26N4O4/c29-22-9-8-20(23(30)27-22)28-14-16-11-17(6-7-18(16)24(28)31)32-21-5-1-4-19(21)26-13-15-3-2-10-25-12-15/h2-3,6-7,10-12,19-21,26H,1,4-5,8-9,13-14H2,(H,27,29,30)/t19-,20?,21+/m1/s1. The van der Waals surface area contributed by atoms with E-state index in [-0.39, 0.29) is 30.4 Å². The summed E-state index contributed by atoms with van der Waals surface area (Å²) in [7, 11) is 0. The van der Waals surface area contributed by atoms with Gasteiger partial charge in [-0.3, -0.25) is 24.7 Å². The van der Waals surface area contributed by atoms with Crippen LogP contribution in [0.1, 0.15) is 53.6 Å². The third kappa shape index (κ3) is 4.10. The lowest BCUT2D eigenvalue weighted by Crippen LogP contribution is -2.52. The molecule has 2 aliphatic heterocycles. The van der Waals surface area contributed by atoms with Crippen LogP contribution >= 0.6 is 0 Å². The Hall–Kier alpha value is -3.26. The molecule has 2 N–H and O–H groups in total. The molecule has 5 rings (SSSR count). The van der Waals surface area contributed by atoms with E-state index in [1.165, 1.54) is 0 Å². The Labute approximate surface area is 186 Å². The molecule has 2 aromatic rings. The number of carbonyl (C=O) groups is 3. The van der Waals surface area contributed by atoms with Gasteiger partial charge in [0.2, 0.25) is 11.8 Å². The minimum Gasteiger partial charge on any atom is -0.489 e. The highest BCUT2D eigenvalue weighted by atomic mass is 16.5. The van der Waals surface area contributed by atoms with E-state index in [0.29, 0.717) is 18.5 Å². The van der Waals surface area contributed by atoms with E-state index in [1.807, 2.05) is 24.4 Å². The van der Waals surface area contributed by atoms with Crippen LogP contribution in [0.5, 0.6) is 5.75 Å². The van der Waals surface area contributed by atoms with Crippen molar-refractivity contribution in [2.45, 2.75) is 63.4 Å². The Morgan fingerprint density at radius 2 is 2.06 bits per heavy atom. The fraction of sp³-hybridized carbons (Fsp3) is 0.417. The molecule has 0 bridgehead atoms. The molecule has 1 aromatic carbocycles. The van der Waals surface area contributed by atoms with Crippen molar-refractivity contribution in [2.75, 3.05) is 0 Å². The molecule has 1 unspecified atom stereocenters. The monoisotopic (exact) mass is 434 g/mol. The van der Waals surface area contributed by atoms with Crippen molar-refractivity contribution < 1.29 is 19.1 Å². The topological polar surface area (TPSA) is 101 Å². The molecular formula is C24H26N4O4. The van der Waals surface area contributed by atoms with Crippen LogP contribution in [0.25, 0.3) is 0 Å². The van der Waals surface area contributed by atoms with E-state index in [2.05, 4.69) is 21.7 Å². The van der Waals surface area contributed by atoms with Crippen LogP contribution in [0, 0.1) is 0 Å². The molecule has 3 amide bonds. The van der Waals surface area contributed by atoms with Crippen LogP contribution in [0.15, 0.2) is 42.7 Å². The summed E-state index contributed by atoms with van der Waals surface area (Å²) in [5.74, 6) is -0.110. The Kier molecular flexibility index (Phi) is 5.61. The summed E-state index contributed by atoms with van der Waals surface area (Å²) in [4.78, 5) is 42.2. The molecule has 3 heterocycles. The van der Waals surface area contributed by atoms with Gasteiger partial charge in [-0.05, 0) is 61.1 Å². The summed E-state index contributed by atoms with van der Waals surface area (Å²) in [5, 5.41) is 5.92. The number of benzene rings is 1. The minimum absolute atomic E-state index is 0.0630. The van der Waals surface area contributed by atoms with Crippen molar-refractivity contribution in [2.24, 2.45) is 0 Å². The Morgan fingerprint density at radius 3 is 2.88 bits per heavy atom. The third-order valence-corrected chi connectivity index (χ3v) is 6.53. The second-order valence-electron chi connectivity index (χ2n) is 8.65. The molecule has 1 saturated carbocycles. The number of imide groups is 1. The Bertz CT molecular complexity index is 1040. The summed E-state index contributed by atoms with van der Waals surface area (Å²) < 4.78 is 6.32. The number of nitrogens with one attached hydrogen (secondary N) is 2. The van der Waals surface area contributed by atoms with Crippen molar-refractivity contribution in [3.8, 4) is 5.75 Å². The molecule has 3 atom stereocenters. The lowest BCUT2D eigenvalue weighted by Gasteiger charge is -2.29. The first kappa shape index (κ1) is 20.6. The first-order chi connectivity index (χ1) is 15.6. The molecule has 3 aliphatic rings. The zero-order valence-corrected chi connectivity index (χ0v) is 17.8. The zero-order chi connectivity index (χ0) is 22.1. The average Bonchev–Trinajstić information content (AvgIpc) is 3.37. The quantitative estimate of drug-likeness (QED) is 0.674. The largest absolute Gasteiger partial charge is 0.489 e.